The molecule has 7 heteroatoms. The molecule has 1 amide bonds. The molecule has 0 aliphatic carbocycles. The van der Waals surface area contributed by atoms with Crippen LogP contribution in [0.4, 0.5) is 0 Å². The van der Waals surface area contributed by atoms with Gasteiger partial charge in [0, 0.05) is 38.3 Å². The second kappa shape index (κ2) is 16.2. The highest BCUT2D eigenvalue weighted by Gasteiger charge is 2.27. The van der Waals surface area contributed by atoms with Gasteiger partial charge in [-0.1, -0.05) is 59.6 Å². The van der Waals surface area contributed by atoms with Crippen LogP contribution < -0.4 is 5.32 Å². The minimum absolute atomic E-state index is 0.0810. The number of likely N-dealkylation sites (tertiary alicyclic amines) is 1. The molecular formula is C33H49N3O3S. The lowest BCUT2D eigenvalue weighted by Gasteiger charge is -2.26. The van der Waals surface area contributed by atoms with Crippen LogP contribution in [0.3, 0.4) is 0 Å². The first-order chi connectivity index (χ1) is 19.2. The van der Waals surface area contributed by atoms with Crippen molar-refractivity contribution >= 4 is 39.0 Å². The van der Waals surface area contributed by atoms with E-state index >= 15 is 0 Å². The minimum Gasteiger partial charge on any atom is -0.353 e. The van der Waals surface area contributed by atoms with Crippen LogP contribution in [-0.2, 0) is 20.8 Å². The number of benzene rings is 1. The maximum atomic E-state index is 13.6. The summed E-state index contributed by atoms with van der Waals surface area (Å²) in [5.41, 5.74) is 2.21. The molecule has 0 bridgehead atoms. The van der Waals surface area contributed by atoms with Crippen molar-refractivity contribution in [3.63, 3.8) is 0 Å². The van der Waals surface area contributed by atoms with Crippen molar-refractivity contribution in [3.05, 3.63) is 40.9 Å². The number of piperidine rings is 1. The smallest absolute Gasteiger partial charge is 0.224 e. The van der Waals surface area contributed by atoms with Crippen LogP contribution in [-0.4, -0.2) is 53.0 Å². The van der Waals surface area contributed by atoms with Gasteiger partial charge >= 0.3 is 0 Å². The monoisotopic (exact) mass is 567 g/mol. The predicted octanol–water partition coefficient (Wildman–Crippen LogP) is 6.87. The van der Waals surface area contributed by atoms with Crippen molar-refractivity contribution in [2.75, 3.05) is 19.6 Å². The summed E-state index contributed by atoms with van der Waals surface area (Å²) in [6, 6.07) is 6.24. The van der Waals surface area contributed by atoms with Gasteiger partial charge in [-0.2, -0.15) is 0 Å². The number of amides is 1. The Morgan fingerprint density at radius 1 is 1.10 bits per heavy atom. The largest absolute Gasteiger partial charge is 0.353 e. The number of hydrogen-bond donors (Lipinski definition) is 1. The Balaban J connectivity index is 1.64. The number of ketones is 2. The maximum absolute atomic E-state index is 13.6. The lowest BCUT2D eigenvalue weighted by Crippen LogP contribution is -2.43. The highest BCUT2D eigenvalue weighted by Crippen LogP contribution is 2.28. The fraction of sp³-hybridized carbons (Fsp3) is 0.636. The van der Waals surface area contributed by atoms with E-state index in [1.807, 2.05) is 19.1 Å². The third-order valence-corrected chi connectivity index (χ3v) is 9.30. The van der Waals surface area contributed by atoms with E-state index < -0.39 is 5.92 Å². The third kappa shape index (κ3) is 9.91. The van der Waals surface area contributed by atoms with Gasteiger partial charge in [0.2, 0.25) is 5.91 Å². The Kier molecular flexibility index (Phi) is 13.0. The molecule has 1 aromatic heterocycles. The molecule has 1 N–H and O–H groups in total. The summed E-state index contributed by atoms with van der Waals surface area (Å²) in [4.78, 5) is 45.9. The lowest BCUT2D eigenvalue weighted by atomic mass is 9.91. The van der Waals surface area contributed by atoms with E-state index in [4.69, 9.17) is 4.98 Å². The first kappa shape index (κ1) is 32.1. The maximum Gasteiger partial charge on any atom is 0.224 e. The highest BCUT2D eigenvalue weighted by molar-refractivity contribution is 7.18. The molecule has 0 saturated carbocycles. The van der Waals surface area contributed by atoms with E-state index in [9.17, 15) is 14.4 Å². The molecular weight excluding hydrogens is 518 g/mol. The SMILES string of the molecule is CCC(=O)C[C@@H](Cc1nc2ccc(C(C)C)cc2s1)C(=O)N[C@H](CCC(=O)/C=C/CN1CCCCC1)[C@@H](C)CC. The van der Waals surface area contributed by atoms with Crippen LogP contribution in [0, 0.1) is 11.8 Å². The van der Waals surface area contributed by atoms with Gasteiger partial charge in [0.25, 0.3) is 0 Å². The van der Waals surface area contributed by atoms with Crippen LogP contribution >= 0.6 is 11.3 Å². The van der Waals surface area contributed by atoms with Gasteiger partial charge in [0.15, 0.2) is 5.78 Å². The topological polar surface area (TPSA) is 79.4 Å². The average molecular weight is 568 g/mol. The number of thiazole rings is 1. The molecule has 1 fully saturated rings. The van der Waals surface area contributed by atoms with Crippen LogP contribution in [0.5, 0.6) is 0 Å². The van der Waals surface area contributed by atoms with Gasteiger partial charge in [0.05, 0.1) is 21.1 Å². The van der Waals surface area contributed by atoms with Gasteiger partial charge in [-0.05, 0) is 68.0 Å². The van der Waals surface area contributed by atoms with E-state index in [2.05, 4.69) is 50.0 Å². The summed E-state index contributed by atoms with van der Waals surface area (Å²) in [5.74, 6) is 0.273. The van der Waals surface area contributed by atoms with Gasteiger partial charge in [-0.3, -0.25) is 19.3 Å². The number of fused-ring (bicyclic) bond motifs is 1. The van der Waals surface area contributed by atoms with Crippen molar-refractivity contribution in [3.8, 4) is 0 Å². The summed E-state index contributed by atoms with van der Waals surface area (Å²) in [5, 5.41) is 4.12. The summed E-state index contributed by atoms with van der Waals surface area (Å²) < 4.78 is 1.12. The molecule has 2 heterocycles. The Morgan fingerprint density at radius 3 is 2.52 bits per heavy atom. The zero-order valence-corrected chi connectivity index (χ0v) is 26.0. The van der Waals surface area contributed by atoms with E-state index in [0.29, 0.717) is 31.6 Å². The Labute approximate surface area is 245 Å². The number of hydrogen-bond acceptors (Lipinski definition) is 6. The molecule has 0 spiro atoms. The number of aromatic nitrogens is 1. The zero-order chi connectivity index (χ0) is 29.1. The second-order valence-electron chi connectivity index (χ2n) is 11.8. The number of Topliss-reactive ketones (excluding diaryl/α,β-unsaturated/α-hetero) is 1. The minimum atomic E-state index is -0.468. The number of carbonyl (C=O) groups is 3. The number of rotatable bonds is 16. The van der Waals surface area contributed by atoms with Crippen LogP contribution in [0.25, 0.3) is 10.2 Å². The predicted molar refractivity (Wildman–Crippen MR) is 166 cm³/mol. The van der Waals surface area contributed by atoms with Crippen molar-refractivity contribution in [2.24, 2.45) is 11.8 Å². The van der Waals surface area contributed by atoms with Gasteiger partial charge < -0.3 is 5.32 Å². The van der Waals surface area contributed by atoms with Crippen LogP contribution in [0.1, 0.15) is 102 Å². The molecule has 3 rings (SSSR count). The van der Waals surface area contributed by atoms with Crippen molar-refractivity contribution < 1.29 is 14.4 Å². The quantitative estimate of drug-likeness (QED) is 0.224. The third-order valence-electron chi connectivity index (χ3n) is 8.26. The van der Waals surface area contributed by atoms with E-state index in [-0.39, 0.29) is 35.9 Å². The molecule has 220 valence electrons. The molecule has 1 aliphatic rings. The van der Waals surface area contributed by atoms with Gasteiger partial charge in [-0.15, -0.1) is 11.3 Å². The fourth-order valence-electron chi connectivity index (χ4n) is 5.26. The fourth-order valence-corrected chi connectivity index (χ4v) is 6.36. The van der Waals surface area contributed by atoms with E-state index in [1.54, 1.807) is 17.4 Å². The molecule has 6 nitrogen and oxygen atoms in total. The van der Waals surface area contributed by atoms with Crippen molar-refractivity contribution in [1.29, 1.82) is 0 Å². The number of nitrogens with zero attached hydrogens (tertiary/aromatic N) is 2. The summed E-state index contributed by atoms with van der Waals surface area (Å²) in [7, 11) is 0. The zero-order valence-electron chi connectivity index (χ0n) is 25.2. The number of carbonyl (C=O) groups excluding carboxylic acids is 3. The van der Waals surface area contributed by atoms with Crippen LogP contribution in [0.2, 0.25) is 0 Å². The van der Waals surface area contributed by atoms with Crippen molar-refractivity contribution in [1.82, 2.24) is 15.2 Å². The highest BCUT2D eigenvalue weighted by atomic mass is 32.1. The van der Waals surface area contributed by atoms with Crippen LogP contribution in [0.15, 0.2) is 30.4 Å². The summed E-state index contributed by atoms with van der Waals surface area (Å²) in [6.07, 6.45) is 10.4. The first-order valence-corrected chi connectivity index (χ1v) is 16.1. The van der Waals surface area contributed by atoms with Crippen molar-refractivity contribution in [2.45, 2.75) is 104 Å². The standard InChI is InChI=1S/C33H49N3O3S/c1-6-24(5)29(16-14-28(38)12-11-19-36-17-9-8-10-18-36)35-33(39)26(20-27(37)7-2)22-32-34-30-15-13-25(23(3)4)21-31(30)40-32/h11-13,15,21,23-24,26,29H,6-10,14,16-20,22H2,1-5H3,(H,35,39)/b12-11+/t24-,26-,29+/m0/s1. The molecule has 40 heavy (non-hydrogen) atoms. The molecule has 3 atom stereocenters. The Hall–Kier alpha value is -2.38. The summed E-state index contributed by atoms with van der Waals surface area (Å²) in [6.45, 7) is 13.5. The molecule has 2 aromatic rings. The van der Waals surface area contributed by atoms with Gasteiger partial charge in [0.1, 0.15) is 5.78 Å². The number of allylic oxidation sites excluding steroid dienone is 1. The average Bonchev–Trinajstić information content (AvgIpc) is 3.36. The Bertz CT molecular complexity index is 1150. The molecule has 1 aromatic carbocycles. The summed E-state index contributed by atoms with van der Waals surface area (Å²) >= 11 is 1.61. The lowest BCUT2D eigenvalue weighted by molar-refractivity contribution is -0.130. The van der Waals surface area contributed by atoms with E-state index in [0.717, 1.165) is 41.3 Å². The molecule has 1 aliphatic heterocycles. The Morgan fingerprint density at radius 2 is 1.85 bits per heavy atom. The molecule has 1 saturated heterocycles. The van der Waals surface area contributed by atoms with E-state index in [1.165, 1.54) is 24.8 Å². The first-order valence-electron chi connectivity index (χ1n) is 15.3. The van der Waals surface area contributed by atoms with Gasteiger partial charge in [-0.25, -0.2) is 4.98 Å². The molecule has 0 unspecified atom stereocenters. The number of nitrogens with one attached hydrogen (secondary N) is 1. The normalized spacial score (nSPS) is 16.9. The second-order valence-corrected chi connectivity index (χ2v) is 12.9. The molecule has 0 radical (unpaired) electrons.